The second kappa shape index (κ2) is 2.84. The summed E-state index contributed by atoms with van der Waals surface area (Å²) in [6, 6.07) is 0. The summed E-state index contributed by atoms with van der Waals surface area (Å²) < 4.78 is 11.2. The molecule has 0 bridgehead atoms. The SMILES string of the molecule is CC1(C)O[C@@H]2CSC(O)[C@]2(CO)O1. The summed E-state index contributed by atoms with van der Waals surface area (Å²) in [6.45, 7) is 3.38. The van der Waals surface area contributed by atoms with E-state index in [1.54, 1.807) is 13.8 Å². The van der Waals surface area contributed by atoms with Crippen LogP contribution in [-0.2, 0) is 9.47 Å². The topological polar surface area (TPSA) is 58.9 Å². The molecule has 2 rings (SSSR count). The van der Waals surface area contributed by atoms with Gasteiger partial charge in [-0.1, -0.05) is 0 Å². The van der Waals surface area contributed by atoms with Crippen molar-refractivity contribution in [3.05, 3.63) is 0 Å². The number of thioether (sulfide) groups is 1. The van der Waals surface area contributed by atoms with Crippen LogP contribution in [0.5, 0.6) is 0 Å². The first kappa shape index (κ1) is 9.73. The molecule has 2 saturated heterocycles. The molecule has 2 N–H and O–H groups in total. The maximum Gasteiger partial charge on any atom is 0.164 e. The van der Waals surface area contributed by atoms with Gasteiger partial charge < -0.3 is 19.7 Å². The van der Waals surface area contributed by atoms with Crippen LogP contribution >= 0.6 is 11.8 Å². The first-order chi connectivity index (χ1) is 6.00. The van der Waals surface area contributed by atoms with Crippen LogP contribution < -0.4 is 0 Å². The number of hydrogen-bond acceptors (Lipinski definition) is 5. The summed E-state index contributed by atoms with van der Waals surface area (Å²) >= 11 is 1.36. The van der Waals surface area contributed by atoms with E-state index < -0.39 is 16.8 Å². The maximum absolute atomic E-state index is 9.68. The van der Waals surface area contributed by atoms with Gasteiger partial charge in [-0.05, 0) is 13.8 Å². The largest absolute Gasteiger partial charge is 0.393 e. The molecule has 0 spiro atoms. The van der Waals surface area contributed by atoms with Gasteiger partial charge in [-0.2, -0.15) is 0 Å². The average molecular weight is 206 g/mol. The van der Waals surface area contributed by atoms with Crippen molar-refractivity contribution in [3.63, 3.8) is 0 Å². The molecule has 0 amide bonds. The lowest BCUT2D eigenvalue weighted by atomic mass is 10.0. The Morgan fingerprint density at radius 1 is 1.54 bits per heavy atom. The van der Waals surface area contributed by atoms with Crippen molar-refractivity contribution in [1.29, 1.82) is 0 Å². The van der Waals surface area contributed by atoms with Crippen LogP contribution in [0.4, 0.5) is 0 Å². The third-order valence-corrected chi connectivity index (χ3v) is 3.69. The van der Waals surface area contributed by atoms with Gasteiger partial charge in [-0.3, -0.25) is 0 Å². The van der Waals surface area contributed by atoms with E-state index in [1.165, 1.54) is 11.8 Å². The fourth-order valence-electron chi connectivity index (χ4n) is 1.91. The monoisotopic (exact) mass is 206 g/mol. The summed E-state index contributed by atoms with van der Waals surface area (Å²) in [6.07, 6.45) is -0.201. The van der Waals surface area contributed by atoms with Gasteiger partial charge in [-0.15, -0.1) is 11.8 Å². The minimum absolute atomic E-state index is 0.199. The second-order valence-electron chi connectivity index (χ2n) is 3.91. The fraction of sp³-hybridized carbons (Fsp3) is 1.00. The average Bonchev–Trinajstić information content (AvgIpc) is 2.46. The first-order valence-corrected chi connectivity index (χ1v) is 5.33. The molecular weight excluding hydrogens is 192 g/mol. The van der Waals surface area contributed by atoms with E-state index in [0.717, 1.165) is 0 Å². The zero-order valence-corrected chi connectivity index (χ0v) is 8.50. The lowest BCUT2D eigenvalue weighted by Gasteiger charge is -2.28. The summed E-state index contributed by atoms with van der Waals surface area (Å²) in [5.41, 5.74) is -1.60. The zero-order chi connectivity index (χ0) is 9.69. The molecule has 2 heterocycles. The molecule has 2 fully saturated rings. The zero-order valence-electron chi connectivity index (χ0n) is 7.69. The van der Waals surface area contributed by atoms with E-state index in [4.69, 9.17) is 9.47 Å². The second-order valence-corrected chi connectivity index (χ2v) is 5.02. The molecule has 0 aromatic carbocycles. The molecule has 1 unspecified atom stereocenters. The van der Waals surface area contributed by atoms with Gasteiger partial charge in [0.05, 0.1) is 6.61 Å². The van der Waals surface area contributed by atoms with E-state index >= 15 is 0 Å². The van der Waals surface area contributed by atoms with Crippen LogP contribution in [0.1, 0.15) is 13.8 Å². The van der Waals surface area contributed by atoms with Crippen LogP contribution in [0.15, 0.2) is 0 Å². The number of hydrogen-bond donors (Lipinski definition) is 2. The van der Waals surface area contributed by atoms with Gasteiger partial charge in [-0.25, -0.2) is 0 Å². The Balaban J connectivity index is 2.26. The van der Waals surface area contributed by atoms with Gasteiger partial charge in [0.1, 0.15) is 11.5 Å². The molecule has 0 radical (unpaired) electrons. The van der Waals surface area contributed by atoms with Crippen molar-refractivity contribution < 1.29 is 19.7 Å². The van der Waals surface area contributed by atoms with Crippen LogP contribution in [0.3, 0.4) is 0 Å². The number of aliphatic hydroxyl groups excluding tert-OH is 2. The standard InChI is InChI=1S/C8H14O4S/c1-7(2)11-5-3-13-6(10)8(5,4-9)12-7/h5-6,9-10H,3-4H2,1-2H3/t5-,6?,8-/m1/s1. The van der Waals surface area contributed by atoms with E-state index in [1.807, 2.05) is 0 Å². The summed E-state index contributed by atoms with van der Waals surface area (Å²) in [7, 11) is 0. The quantitative estimate of drug-likeness (QED) is 0.629. The number of ether oxygens (including phenoxy) is 2. The highest BCUT2D eigenvalue weighted by Crippen LogP contribution is 2.47. The lowest BCUT2D eigenvalue weighted by molar-refractivity contribution is -0.183. The van der Waals surface area contributed by atoms with Crippen LogP contribution in [-0.4, -0.2) is 45.5 Å². The maximum atomic E-state index is 9.68. The highest BCUT2D eigenvalue weighted by Gasteiger charge is 2.61. The molecule has 2 aliphatic heterocycles. The molecular formula is C8H14O4S. The Bertz CT molecular complexity index is 220. The number of aliphatic hydroxyl groups is 2. The van der Waals surface area contributed by atoms with E-state index in [0.29, 0.717) is 5.75 Å². The number of rotatable bonds is 1. The van der Waals surface area contributed by atoms with E-state index in [9.17, 15) is 10.2 Å². The Hall–Kier alpha value is 0.190. The predicted molar refractivity (Wildman–Crippen MR) is 48.3 cm³/mol. The molecule has 0 aromatic rings. The van der Waals surface area contributed by atoms with E-state index in [2.05, 4.69) is 0 Å². The van der Waals surface area contributed by atoms with Crippen molar-refractivity contribution >= 4 is 11.8 Å². The molecule has 3 atom stereocenters. The van der Waals surface area contributed by atoms with Crippen LogP contribution in [0.25, 0.3) is 0 Å². The summed E-state index contributed by atoms with van der Waals surface area (Å²) in [5, 5.41) is 18.9. The third kappa shape index (κ3) is 1.30. The minimum Gasteiger partial charge on any atom is -0.393 e. The normalized spacial score (nSPS) is 48.0. The van der Waals surface area contributed by atoms with Crippen LogP contribution in [0, 0.1) is 0 Å². The van der Waals surface area contributed by atoms with E-state index in [-0.39, 0.29) is 12.7 Å². The molecule has 13 heavy (non-hydrogen) atoms. The van der Waals surface area contributed by atoms with Crippen molar-refractivity contribution in [2.45, 2.75) is 36.8 Å². The smallest absolute Gasteiger partial charge is 0.164 e. The summed E-state index contributed by atoms with van der Waals surface area (Å²) in [4.78, 5) is 0. The highest BCUT2D eigenvalue weighted by atomic mass is 32.2. The Morgan fingerprint density at radius 2 is 2.23 bits per heavy atom. The van der Waals surface area contributed by atoms with Crippen LogP contribution in [0.2, 0.25) is 0 Å². The van der Waals surface area contributed by atoms with Crippen molar-refractivity contribution in [1.82, 2.24) is 0 Å². The third-order valence-electron chi connectivity index (χ3n) is 2.48. The minimum atomic E-state index is -0.909. The van der Waals surface area contributed by atoms with Gasteiger partial charge in [0, 0.05) is 5.75 Å². The molecule has 0 saturated carbocycles. The predicted octanol–water partition coefficient (Wildman–Crippen LogP) is -0.0658. The van der Waals surface area contributed by atoms with Gasteiger partial charge in [0.15, 0.2) is 11.4 Å². The lowest BCUT2D eigenvalue weighted by Crippen LogP contribution is -2.48. The Kier molecular flexibility index (Phi) is 2.13. The summed E-state index contributed by atoms with van der Waals surface area (Å²) in [5.74, 6) is -0.0273. The van der Waals surface area contributed by atoms with Crippen molar-refractivity contribution in [3.8, 4) is 0 Å². The fourth-order valence-corrected chi connectivity index (χ4v) is 3.17. The molecule has 0 aromatic heterocycles. The van der Waals surface area contributed by atoms with Gasteiger partial charge in [0.25, 0.3) is 0 Å². The van der Waals surface area contributed by atoms with Crippen molar-refractivity contribution in [2.75, 3.05) is 12.4 Å². The van der Waals surface area contributed by atoms with Gasteiger partial charge >= 0.3 is 0 Å². The van der Waals surface area contributed by atoms with Gasteiger partial charge in [0.2, 0.25) is 0 Å². The first-order valence-electron chi connectivity index (χ1n) is 4.29. The molecule has 76 valence electrons. The van der Waals surface area contributed by atoms with Crippen molar-refractivity contribution in [2.24, 2.45) is 0 Å². The molecule has 0 aliphatic carbocycles. The molecule has 2 aliphatic rings. The highest BCUT2D eigenvalue weighted by molar-refractivity contribution is 8.00. The molecule has 5 heteroatoms. The Labute approximate surface area is 81.2 Å². The number of fused-ring (bicyclic) bond motifs is 1. The Morgan fingerprint density at radius 3 is 2.77 bits per heavy atom. The molecule has 4 nitrogen and oxygen atoms in total.